The van der Waals surface area contributed by atoms with Crippen LogP contribution >= 0.6 is 15.9 Å². The zero-order valence-corrected chi connectivity index (χ0v) is 12.8. The summed E-state index contributed by atoms with van der Waals surface area (Å²) in [7, 11) is 0. The number of hydrogen-bond donors (Lipinski definition) is 0. The van der Waals surface area contributed by atoms with E-state index < -0.39 is 16.5 Å². The monoisotopic (exact) mass is 360 g/mol. The van der Waals surface area contributed by atoms with E-state index in [2.05, 4.69) is 15.9 Å². The van der Waals surface area contributed by atoms with Crippen LogP contribution in [0.15, 0.2) is 16.6 Å². The first-order valence-electron chi connectivity index (χ1n) is 6.67. The Balaban J connectivity index is 1.95. The third-order valence-corrected chi connectivity index (χ3v) is 4.39. The fraction of sp³-hybridized carbons (Fsp3) is 0.538. The number of benzene rings is 1. The molecule has 1 spiro atoms. The molecule has 0 atom stereocenters. The third-order valence-electron chi connectivity index (χ3n) is 3.79. The molecule has 2 aliphatic rings. The van der Waals surface area contributed by atoms with Crippen LogP contribution in [-0.4, -0.2) is 37.0 Å². The average Bonchev–Trinajstić information content (AvgIpc) is 2.89. The van der Waals surface area contributed by atoms with Crippen LogP contribution in [-0.2, 0) is 9.47 Å². The Hall–Kier alpha value is -1.25. The molecule has 2 fully saturated rings. The van der Waals surface area contributed by atoms with Crippen molar-refractivity contribution in [2.45, 2.75) is 18.6 Å². The Labute approximate surface area is 129 Å². The third kappa shape index (κ3) is 2.75. The van der Waals surface area contributed by atoms with Crippen molar-refractivity contribution in [3.8, 4) is 0 Å². The summed E-state index contributed by atoms with van der Waals surface area (Å²) in [6.45, 7) is 2.12. The lowest BCUT2D eigenvalue weighted by molar-refractivity contribution is -0.384. The van der Waals surface area contributed by atoms with Gasteiger partial charge in [0, 0.05) is 13.0 Å². The maximum absolute atomic E-state index is 13.6. The molecule has 0 N–H and O–H groups in total. The summed E-state index contributed by atoms with van der Waals surface area (Å²) in [5.41, 5.74) is 0.136. The van der Waals surface area contributed by atoms with Gasteiger partial charge in [0.2, 0.25) is 0 Å². The lowest BCUT2D eigenvalue weighted by Crippen LogP contribution is -2.49. The number of ether oxygens (including phenoxy) is 2. The predicted octanol–water partition coefficient (Wildman–Crippen LogP) is 2.84. The van der Waals surface area contributed by atoms with Gasteiger partial charge in [0.25, 0.3) is 5.69 Å². The van der Waals surface area contributed by atoms with Gasteiger partial charge in [-0.25, -0.2) is 4.39 Å². The number of nitro benzene ring substituents is 1. The van der Waals surface area contributed by atoms with Gasteiger partial charge < -0.3 is 14.4 Å². The van der Waals surface area contributed by atoms with Crippen molar-refractivity contribution in [3.63, 3.8) is 0 Å². The summed E-state index contributed by atoms with van der Waals surface area (Å²) in [4.78, 5) is 12.4. The zero-order chi connectivity index (χ0) is 15.0. The summed E-state index contributed by atoms with van der Waals surface area (Å²) in [5.74, 6) is -1.34. The van der Waals surface area contributed by atoms with Crippen LogP contribution in [0.1, 0.15) is 12.8 Å². The Morgan fingerprint density at radius 3 is 2.76 bits per heavy atom. The van der Waals surface area contributed by atoms with Crippen molar-refractivity contribution in [1.29, 1.82) is 0 Å². The predicted molar refractivity (Wildman–Crippen MR) is 76.8 cm³/mol. The van der Waals surface area contributed by atoms with Gasteiger partial charge in [0.1, 0.15) is 11.5 Å². The van der Waals surface area contributed by atoms with Gasteiger partial charge in [-0.15, -0.1) is 0 Å². The summed E-state index contributed by atoms with van der Waals surface area (Å²) in [5, 5.41) is 11.2. The number of hydrogen-bond acceptors (Lipinski definition) is 5. The van der Waals surface area contributed by atoms with Crippen LogP contribution in [0.3, 0.4) is 0 Å². The van der Waals surface area contributed by atoms with Gasteiger partial charge in [-0.3, -0.25) is 10.1 Å². The molecule has 2 saturated heterocycles. The van der Waals surface area contributed by atoms with E-state index in [1.54, 1.807) is 0 Å². The number of nitrogens with zero attached hydrogens (tertiary/aromatic N) is 2. The maximum Gasteiger partial charge on any atom is 0.295 e. The van der Waals surface area contributed by atoms with Crippen molar-refractivity contribution in [2.24, 2.45) is 0 Å². The molecular formula is C13H14BrFN2O4. The van der Waals surface area contributed by atoms with E-state index in [1.165, 1.54) is 6.07 Å². The first-order chi connectivity index (χ1) is 10.0. The lowest BCUT2D eigenvalue weighted by atomic mass is 10.0. The number of anilines is 1. The molecule has 0 aromatic heterocycles. The van der Waals surface area contributed by atoms with Crippen LogP contribution in [0.4, 0.5) is 15.8 Å². The Morgan fingerprint density at radius 2 is 2.10 bits per heavy atom. The fourth-order valence-electron chi connectivity index (χ4n) is 2.85. The molecular weight excluding hydrogens is 347 g/mol. The number of rotatable bonds is 2. The molecule has 114 valence electrons. The van der Waals surface area contributed by atoms with Gasteiger partial charge in [-0.1, -0.05) is 0 Å². The van der Waals surface area contributed by atoms with Crippen LogP contribution in [0.5, 0.6) is 0 Å². The minimum atomic E-state index is -0.688. The average molecular weight is 361 g/mol. The molecule has 2 aliphatic heterocycles. The molecule has 0 bridgehead atoms. The highest BCUT2D eigenvalue weighted by Gasteiger charge is 2.42. The van der Waals surface area contributed by atoms with Gasteiger partial charge >= 0.3 is 0 Å². The Morgan fingerprint density at radius 1 is 1.38 bits per heavy atom. The summed E-state index contributed by atoms with van der Waals surface area (Å²) >= 11 is 3.08. The minimum absolute atomic E-state index is 0.205. The molecule has 21 heavy (non-hydrogen) atoms. The van der Waals surface area contributed by atoms with Crippen molar-refractivity contribution in [1.82, 2.24) is 0 Å². The van der Waals surface area contributed by atoms with Crippen molar-refractivity contribution >= 4 is 27.3 Å². The standard InChI is InChI=1S/C13H14BrFN2O4/c14-9-6-11(12(17(18)19)7-10(9)15)16-3-1-2-13(8-16)20-4-5-21-13/h6-7H,1-5,8H2. The normalized spacial score (nSPS) is 21.0. The molecule has 0 amide bonds. The van der Waals surface area contributed by atoms with E-state index in [9.17, 15) is 14.5 Å². The highest BCUT2D eigenvalue weighted by Crippen LogP contribution is 2.38. The van der Waals surface area contributed by atoms with E-state index in [4.69, 9.17) is 9.47 Å². The number of nitro groups is 1. The highest BCUT2D eigenvalue weighted by atomic mass is 79.9. The second-order valence-corrected chi connectivity index (χ2v) is 6.00. The molecule has 3 rings (SSSR count). The molecule has 0 aliphatic carbocycles. The van der Waals surface area contributed by atoms with Crippen molar-refractivity contribution in [3.05, 3.63) is 32.5 Å². The molecule has 2 heterocycles. The molecule has 8 heteroatoms. The summed E-state index contributed by atoms with van der Waals surface area (Å²) < 4.78 is 25.1. The first kappa shape index (κ1) is 14.7. The quantitative estimate of drug-likeness (QED) is 0.599. The topological polar surface area (TPSA) is 64.8 Å². The van der Waals surface area contributed by atoms with E-state index in [0.29, 0.717) is 32.0 Å². The summed E-state index contributed by atoms with van der Waals surface area (Å²) in [6.07, 6.45) is 1.56. The summed E-state index contributed by atoms with van der Waals surface area (Å²) in [6, 6.07) is 2.39. The maximum atomic E-state index is 13.6. The number of halogens is 2. The van der Waals surface area contributed by atoms with Gasteiger partial charge in [-0.2, -0.15) is 0 Å². The van der Waals surface area contributed by atoms with E-state index in [0.717, 1.165) is 18.9 Å². The fourth-order valence-corrected chi connectivity index (χ4v) is 3.18. The molecule has 0 unspecified atom stereocenters. The second-order valence-electron chi connectivity index (χ2n) is 5.14. The smallest absolute Gasteiger partial charge is 0.295 e. The SMILES string of the molecule is O=[N+]([O-])c1cc(F)c(Br)cc1N1CCCC2(C1)OCCO2. The minimum Gasteiger partial charge on any atom is -0.361 e. The van der Waals surface area contributed by atoms with Crippen LogP contribution < -0.4 is 4.90 Å². The molecule has 0 radical (unpaired) electrons. The van der Waals surface area contributed by atoms with E-state index >= 15 is 0 Å². The molecule has 1 aromatic carbocycles. The van der Waals surface area contributed by atoms with Crippen LogP contribution in [0, 0.1) is 15.9 Å². The number of piperidine rings is 1. The largest absolute Gasteiger partial charge is 0.361 e. The van der Waals surface area contributed by atoms with Crippen LogP contribution in [0.25, 0.3) is 0 Å². The van der Waals surface area contributed by atoms with E-state index in [1.807, 2.05) is 4.90 Å². The molecule has 0 saturated carbocycles. The van der Waals surface area contributed by atoms with Gasteiger partial charge in [-0.05, 0) is 28.4 Å². The highest BCUT2D eigenvalue weighted by molar-refractivity contribution is 9.10. The first-order valence-corrected chi connectivity index (χ1v) is 7.46. The van der Waals surface area contributed by atoms with Crippen molar-refractivity contribution in [2.75, 3.05) is 31.2 Å². The Bertz CT molecular complexity index is 578. The van der Waals surface area contributed by atoms with E-state index in [-0.39, 0.29) is 10.2 Å². The van der Waals surface area contributed by atoms with Gasteiger partial charge in [0.15, 0.2) is 5.79 Å². The van der Waals surface area contributed by atoms with Crippen molar-refractivity contribution < 1.29 is 18.8 Å². The van der Waals surface area contributed by atoms with Crippen LogP contribution in [0.2, 0.25) is 0 Å². The zero-order valence-electron chi connectivity index (χ0n) is 11.2. The second kappa shape index (κ2) is 5.51. The van der Waals surface area contributed by atoms with Gasteiger partial charge in [0.05, 0.1) is 35.2 Å². The molecule has 6 nitrogen and oxygen atoms in total. The molecule has 1 aromatic rings. The Kier molecular flexibility index (Phi) is 3.85. The lowest BCUT2D eigenvalue weighted by Gasteiger charge is -2.39.